The van der Waals surface area contributed by atoms with E-state index in [2.05, 4.69) is 19.2 Å². The molecule has 1 aromatic carbocycles. The van der Waals surface area contributed by atoms with Gasteiger partial charge in [-0.05, 0) is 30.5 Å². The average Bonchev–Trinajstić information content (AvgIpc) is 2.40. The summed E-state index contributed by atoms with van der Waals surface area (Å²) >= 11 is 0. The zero-order chi connectivity index (χ0) is 15.7. The van der Waals surface area contributed by atoms with Crippen LogP contribution < -0.4 is 5.32 Å². The van der Waals surface area contributed by atoms with Crippen molar-refractivity contribution in [2.75, 3.05) is 6.54 Å². The number of nitro benzene ring substituents is 1. The molecule has 0 heterocycles. The first-order valence-electron chi connectivity index (χ1n) is 7.63. The van der Waals surface area contributed by atoms with E-state index in [0.717, 1.165) is 24.9 Å². The zero-order valence-electron chi connectivity index (χ0n) is 12.9. The topological polar surface area (TPSA) is 55.2 Å². The van der Waals surface area contributed by atoms with Crippen molar-refractivity contribution < 1.29 is 9.31 Å². The maximum atomic E-state index is 13.2. The van der Waals surface area contributed by atoms with Crippen molar-refractivity contribution in [1.29, 1.82) is 0 Å². The Hall–Kier alpha value is -1.49. The largest absolute Gasteiger partial charge is 0.313 e. The second-order valence-electron chi connectivity index (χ2n) is 5.85. The lowest BCUT2D eigenvalue weighted by atomic mass is 10.0. The van der Waals surface area contributed by atoms with Gasteiger partial charge in [0.25, 0.3) is 5.69 Å². The number of hydrogen-bond donors (Lipinski definition) is 1. The van der Waals surface area contributed by atoms with Crippen LogP contribution in [0.5, 0.6) is 0 Å². The lowest BCUT2D eigenvalue weighted by Gasteiger charge is -2.06. The smallest absolute Gasteiger partial charge is 0.272 e. The van der Waals surface area contributed by atoms with Crippen LogP contribution in [0.2, 0.25) is 0 Å². The van der Waals surface area contributed by atoms with Crippen LogP contribution in [0, 0.1) is 21.8 Å². The second kappa shape index (κ2) is 9.45. The first-order chi connectivity index (χ1) is 9.99. The summed E-state index contributed by atoms with van der Waals surface area (Å²) in [6, 6.07) is 3.69. The highest BCUT2D eigenvalue weighted by atomic mass is 19.1. The van der Waals surface area contributed by atoms with Gasteiger partial charge in [-0.25, -0.2) is 4.39 Å². The number of unbranched alkanes of at least 4 members (excludes halogenated alkanes) is 3. The second-order valence-corrected chi connectivity index (χ2v) is 5.85. The molecule has 0 saturated heterocycles. The Morgan fingerprint density at radius 2 is 1.90 bits per heavy atom. The van der Waals surface area contributed by atoms with E-state index in [0.29, 0.717) is 12.1 Å². The molecule has 0 saturated carbocycles. The summed E-state index contributed by atoms with van der Waals surface area (Å²) in [4.78, 5) is 10.1. The molecule has 0 atom stereocenters. The molecular weight excluding hydrogens is 271 g/mol. The van der Waals surface area contributed by atoms with Gasteiger partial charge in [-0.2, -0.15) is 0 Å². The molecule has 0 fully saturated rings. The minimum Gasteiger partial charge on any atom is -0.313 e. The van der Waals surface area contributed by atoms with Crippen LogP contribution in [0.25, 0.3) is 0 Å². The molecule has 0 aliphatic heterocycles. The van der Waals surface area contributed by atoms with E-state index >= 15 is 0 Å². The lowest BCUT2D eigenvalue weighted by Crippen LogP contribution is -2.15. The molecule has 0 bridgehead atoms. The molecule has 0 spiro atoms. The highest BCUT2D eigenvalue weighted by molar-refractivity contribution is 5.35. The van der Waals surface area contributed by atoms with Gasteiger partial charge in [-0.15, -0.1) is 0 Å². The van der Waals surface area contributed by atoms with Crippen molar-refractivity contribution in [2.24, 2.45) is 5.92 Å². The van der Waals surface area contributed by atoms with E-state index in [1.54, 1.807) is 0 Å². The molecule has 1 aromatic rings. The molecule has 21 heavy (non-hydrogen) atoms. The van der Waals surface area contributed by atoms with Crippen LogP contribution in [0.15, 0.2) is 18.2 Å². The summed E-state index contributed by atoms with van der Waals surface area (Å²) in [7, 11) is 0. The van der Waals surface area contributed by atoms with Crippen LogP contribution in [0.1, 0.15) is 51.5 Å². The summed E-state index contributed by atoms with van der Waals surface area (Å²) < 4.78 is 13.2. The third-order valence-electron chi connectivity index (χ3n) is 3.37. The van der Waals surface area contributed by atoms with Crippen LogP contribution in [0.3, 0.4) is 0 Å². The van der Waals surface area contributed by atoms with Gasteiger partial charge < -0.3 is 5.32 Å². The molecule has 0 radical (unpaired) electrons. The first-order valence-corrected chi connectivity index (χ1v) is 7.63. The van der Waals surface area contributed by atoms with Crippen LogP contribution in [-0.4, -0.2) is 11.5 Å². The van der Waals surface area contributed by atoms with Crippen molar-refractivity contribution in [3.63, 3.8) is 0 Å². The molecule has 0 amide bonds. The minimum absolute atomic E-state index is 0.194. The van der Waals surface area contributed by atoms with E-state index in [1.807, 2.05) is 0 Å². The standard InChI is InChI=1S/C16H25FN2O2/c1-13(2)7-5-3-4-6-8-18-12-14-9-15(17)11-16(10-14)19(20)21/h9-11,13,18H,3-8,12H2,1-2H3. The number of hydrogen-bond acceptors (Lipinski definition) is 3. The molecule has 1 rings (SSSR count). The molecule has 0 aliphatic carbocycles. The van der Waals surface area contributed by atoms with Gasteiger partial charge in [0.2, 0.25) is 0 Å². The summed E-state index contributed by atoms with van der Waals surface area (Å²) in [6.45, 7) is 5.79. The van der Waals surface area contributed by atoms with E-state index in [4.69, 9.17) is 0 Å². The summed E-state index contributed by atoms with van der Waals surface area (Å²) in [5.41, 5.74) is 0.419. The third kappa shape index (κ3) is 7.75. The predicted molar refractivity (Wildman–Crippen MR) is 82.7 cm³/mol. The first kappa shape index (κ1) is 17.6. The number of non-ortho nitro benzene ring substituents is 1. The Balaban J connectivity index is 2.19. The fraction of sp³-hybridized carbons (Fsp3) is 0.625. The molecular formula is C16H25FN2O2. The number of halogens is 1. The fourth-order valence-corrected chi connectivity index (χ4v) is 2.23. The maximum absolute atomic E-state index is 13.2. The number of benzene rings is 1. The van der Waals surface area contributed by atoms with E-state index in [-0.39, 0.29) is 5.69 Å². The third-order valence-corrected chi connectivity index (χ3v) is 3.37. The van der Waals surface area contributed by atoms with Crippen LogP contribution >= 0.6 is 0 Å². The molecule has 0 aliphatic rings. The van der Waals surface area contributed by atoms with Crippen molar-refractivity contribution in [3.8, 4) is 0 Å². The number of rotatable bonds is 10. The van der Waals surface area contributed by atoms with Gasteiger partial charge in [0.05, 0.1) is 11.0 Å². The quantitative estimate of drug-likeness (QED) is 0.395. The number of nitrogens with zero attached hydrogens (tertiary/aromatic N) is 1. The number of nitrogens with one attached hydrogen (secondary N) is 1. The van der Waals surface area contributed by atoms with E-state index in [9.17, 15) is 14.5 Å². The molecule has 118 valence electrons. The summed E-state index contributed by atoms with van der Waals surface area (Å²) in [5.74, 6) is 0.210. The number of nitro groups is 1. The highest BCUT2D eigenvalue weighted by Crippen LogP contribution is 2.16. The summed E-state index contributed by atoms with van der Waals surface area (Å²) in [6.07, 6.45) is 6.05. The Labute approximate surface area is 125 Å². The average molecular weight is 296 g/mol. The zero-order valence-corrected chi connectivity index (χ0v) is 12.9. The van der Waals surface area contributed by atoms with Crippen molar-refractivity contribution >= 4 is 5.69 Å². The molecule has 0 unspecified atom stereocenters. The van der Waals surface area contributed by atoms with Crippen molar-refractivity contribution in [2.45, 2.75) is 52.5 Å². The lowest BCUT2D eigenvalue weighted by molar-refractivity contribution is -0.385. The van der Waals surface area contributed by atoms with Crippen LogP contribution in [0.4, 0.5) is 10.1 Å². The Bertz CT molecular complexity index is 450. The summed E-state index contributed by atoms with van der Waals surface area (Å²) in [5, 5.41) is 13.9. The van der Waals surface area contributed by atoms with Crippen molar-refractivity contribution in [3.05, 3.63) is 39.7 Å². The van der Waals surface area contributed by atoms with E-state index < -0.39 is 10.7 Å². The monoisotopic (exact) mass is 296 g/mol. The van der Waals surface area contributed by atoms with Gasteiger partial charge in [0, 0.05) is 12.6 Å². The van der Waals surface area contributed by atoms with E-state index in [1.165, 1.54) is 37.8 Å². The Morgan fingerprint density at radius 3 is 2.57 bits per heavy atom. The fourth-order valence-electron chi connectivity index (χ4n) is 2.23. The Morgan fingerprint density at radius 1 is 1.19 bits per heavy atom. The highest BCUT2D eigenvalue weighted by Gasteiger charge is 2.09. The Kier molecular flexibility index (Phi) is 7.90. The molecule has 0 aromatic heterocycles. The van der Waals surface area contributed by atoms with Gasteiger partial charge >= 0.3 is 0 Å². The maximum Gasteiger partial charge on any atom is 0.272 e. The SMILES string of the molecule is CC(C)CCCCCCNCc1cc(F)cc([N+](=O)[O-])c1. The van der Waals surface area contributed by atoms with Gasteiger partial charge in [0.1, 0.15) is 5.82 Å². The molecule has 4 nitrogen and oxygen atoms in total. The van der Waals surface area contributed by atoms with Gasteiger partial charge in [-0.1, -0.05) is 39.5 Å². The van der Waals surface area contributed by atoms with Gasteiger partial charge in [0.15, 0.2) is 0 Å². The molecule has 5 heteroatoms. The normalized spacial score (nSPS) is 11.0. The predicted octanol–water partition coefficient (Wildman–Crippen LogP) is 4.43. The minimum atomic E-state index is -0.568. The van der Waals surface area contributed by atoms with Crippen LogP contribution in [-0.2, 0) is 6.54 Å². The van der Waals surface area contributed by atoms with Crippen molar-refractivity contribution in [1.82, 2.24) is 5.32 Å². The molecule has 1 N–H and O–H groups in total. The van der Waals surface area contributed by atoms with Gasteiger partial charge in [-0.3, -0.25) is 10.1 Å².